The number of hydrogen-bond acceptors (Lipinski definition) is 4. The van der Waals surface area contributed by atoms with E-state index in [1.807, 2.05) is 0 Å². The molecular formula is C14H14F3N3O3S. The van der Waals surface area contributed by atoms with Gasteiger partial charge in [0, 0.05) is 38.0 Å². The zero-order valence-electron chi connectivity index (χ0n) is 12.8. The highest BCUT2D eigenvalue weighted by Crippen LogP contribution is 2.30. The van der Waals surface area contributed by atoms with Crippen LogP contribution in [0.1, 0.15) is 15.9 Å². The van der Waals surface area contributed by atoms with Gasteiger partial charge in [0.05, 0.1) is 11.1 Å². The molecule has 1 aromatic heterocycles. The number of sulfone groups is 1. The predicted octanol–water partition coefficient (Wildman–Crippen LogP) is 1.99. The van der Waals surface area contributed by atoms with Crippen LogP contribution in [0.2, 0.25) is 0 Å². The Balaban J connectivity index is 2.17. The fourth-order valence-corrected chi connectivity index (χ4v) is 2.79. The zero-order valence-corrected chi connectivity index (χ0v) is 13.6. The number of benzene rings is 1. The third-order valence-electron chi connectivity index (χ3n) is 3.24. The molecule has 24 heavy (non-hydrogen) atoms. The molecular weight excluding hydrogens is 347 g/mol. The van der Waals surface area contributed by atoms with Gasteiger partial charge in [0.2, 0.25) is 0 Å². The molecule has 0 aliphatic heterocycles. The first-order chi connectivity index (χ1) is 11.0. The van der Waals surface area contributed by atoms with Crippen LogP contribution < -0.4 is 0 Å². The van der Waals surface area contributed by atoms with Crippen LogP contribution in [0.3, 0.4) is 0 Å². The van der Waals surface area contributed by atoms with Crippen LogP contribution in [0.25, 0.3) is 0 Å². The van der Waals surface area contributed by atoms with Gasteiger partial charge in [-0.25, -0.2) is 8.42 Å². The molecule has 0 spiro atoms. The van der Waals surface area contributed by atoms with E-state index in [1.54, 1.807) is 24.1 Å². The average molecular weight is 361 g/mol. The lowest BCUT2D eigenvalue weighted by atomic mass is 10.2. The number of aromatic nitrogens is 2. The molecule has 0 fully saturated rings. The van der Waals surface area contributed by atoms with Crippen molar-refractivity contribution in [1.29, 1.82) is 0 Å². The van der Waals surface area contributed by atoms with E-state index in [4.69, 9.17) is 0 Å². The number of nitrogens with zero attached hydrogens (tertiary/aromatic N) is 3. The summed E-state index contributed by atoms with van der Waals surface area (Å²) in [7, 11) is -2.17. The summed E-state index contributed by atoms with van der Waals surface area (Å²) in [6, 6.07) is 3.66. The van der Waals surface area contributed by atoms with Crippen LogP contribution in [-0.4, -0.2) is 41.6 Å². The molecule has 1 heterocycles. The maximum absolute atomic E-state index is 12.5. The highest BCUT2D eigenvalue weighted by molar-refractivity contribution is 7.92. The van der Waals surface area contributed by atoms with Crippen LogP contribution in [0.4, 0.5) is 13.2 Å². The van der Waals surface area contributed by atoms with E-state index in [-0.39, 0.29) is 12.1 Å². The van der Waals surface area contributed by atoms with Gasteiger partial charge < -0.3 is 4.90 Å². The maximum atomic E-state index is 12.5. The van der Waals surface area contributed by atoms with Crippen molar-refractivity contribution in [3.8, 4) is 0 Å². The molecule has 0 saturated heterocycles. The Labute approximate surface area is 136 Å². The van der Waals surface area contributed by atoms with E-state index in [0.29, 0.717) is 0 Å². The standard InChI is InChI=1S/C14H14F3N3O3S/c1-19(8-10-7-18-20(2)9-10)13(21)11-3-5-12(6-4-11)24(22,23)14(15,16)17/h3-7,9H,8H2,1-2H3. The molecule has 0 N–H and O–H groups in total. The fraction of sp³-hybridized carbons (Fsp3) is 0.286. The Morgan fingerprint density at radius 3 is 2.29 bits per heavy atom. The van der Waals surface area contributed by atoms with E-state index < -0.39 is 26.1 Å². The first-order valence-electron chi connectivity index (χ1n) is 6.67. The van der Waals surface area contributed by atoms with Crippen molar-refractivity contribution in [2.24, 2.45) is 7.05 Å². The maximum Gasteiger partial charge on any atom is 0.501 e. The minimum absolute atomic E-state index is 0.0857. The summed E-state index contributed by atoms with van der Waals surface area (Å²) < 4.78 is 61.6. The average Bonchev–Trinajstić information content (AvgIpc) is 2.90. The number of carbonyl (C=O) groups excluding carboxylic acids is 1. The van der Waals surface area contributed by atoms with Gasteiger partial charge >= 0.3 is 5.51 Å². The van der Waals surface area contributed by atoms with E-state index >= 15 is 0 Å². The summed E-state index contributed by atoms with van der Waals surface area (Å²) in [4.78, 5) is 12.7. The quantitative estimate of drug-likeness (QED) is 0.835. The number of halogens is 3. The van der Waals surface area contributed by atoms with E-state index in [0.717, 1.165) is 29.8 Å². The highest BCUT2D eigenvalue weighted by Gasteiger charge is 2.46. The largest absolute Gasteiger partial charge is 0.501 e. The van der Waals surface area contributed by atoms with Crippen LogP contribution in [-0.2, 0) is 23.4 Å². The summed E-state index contributed by atoms with van der Waals surface area (Å²) in [5.41, 5.74) is -4.51. The van der Waals surface area contributed by atoms with E-state index in [9.17, 15) is 26.4 Å². The molecule has 2 rings (SSSR count). The molecule has 0 saturated carbocycles. The van der Waals surface area contributed by atoms with E-state index in [1.165, 1.54) is 11.9 Å². The van der Waals surface area contributed by atoms with Gasteiger partial charge in [-0.15, -0.1) is 0 Å². The summed E-state index contributed by atoms with van der Waals surface area (Å²) in [6.07, 6.45) is 3.31. The summed E-state index contributed by atoms with van der Waals surface area (Å²) in [5.74, 6) is -0.449. The molecule has 2 aromatic rings. The van der Waals surface area contributed by atoms with Crippen molar-refractivity contribution in [1.82, 2.24) is 14.7 Å². The summed E-state index contributed by atoms with van der Waals surface area (Å²) in [6.45, 7) is 0.259. The number of carbonyl (C=O) groups is 1. The Morgan fingerprint density at radius 1 is 1.25 bits per heavy atom. The topological polar surface area (TPSA) is 72.3 Å². The third-order valence-corrected chi connectivity index (χ3v) is 4.74. The monoisotopic (exact) mass is 361 g/mol. The van der Waals surface area contributed by atoms with Gasteiger partial charge in [0.1, 0.15) is 0 Å². The smallest absolute Gasteiger partial charge is 0.337 e. The van der Waals surface area contributed by atoms with Crippen molar-refractivity contribution < 1.29 is 26.4 Å². The number of alkyl halides is 3. The first kappa shape index (κ1) is 18.0. The summed E-state index contributed by atoms with van der Waals surface area (Å²) in [5, 5.41) is 3.97. The lowest BCUT2D eigenvalue weighted by Gasteiger charge is -2.16. The SMILES string of the molecule is CN(Cc1cnn(C)c1)C(=O)c1ccc(S(=O)(=O)C(F)(F)F)cc1. The number of rotatable bonds is 4. The van der Waals surface area contributed by atoms with E-state index in [2.05, 4.69) is 5.10 Å². The molecule has 130 valence electrons. The Bertz CT molecular complexity index is 842. The predicted molar refractivity (Wildman–Crippen MR) is 78.7 cm³/mol. The molecule has 0 atom stereocenters. The van der Waals surface area contributed by atoms with Gasteiger partial charge in [-0.2, -0.15) is 18.3 Å². The van der Waals surface area contributed by atoms with Crippen molar-refractivity contribution in [3.05, 3.63) is 47.8 Å². The minimum atomic E-state index is -5.42. The van der Waals surface area contributed by atoms with Crippen LogP contribution in [0.5, 0.6) is 0 Å². The molecule has 0 aliphatic rings. The number of aryl methyl sites for hydroxylation is 1. The molecule has 0 aliphatic carbocycles. The Kier molecular flexibility index (Phi) is 4.70. The fourth-order valence-electron chi connectivity index (χ4n) is 2.03. The minimum Gasteiger partial charge on any atom is -0.337 e. The molecule has 6 nitrogen and oxygen atoms in total. The molecule has 0 unspecified atom stereocenters. The Morgan fingerprint density at radius 2 is 1.83 bits per heavy atom. The van der Waals surface area contributed by atoms with Crippen molar-refractivity contribution >= 4 is 15.7 Å². The van der Waals surface area contributed by atoms with Crippen molar-refractivity contribution in [2.75, 3.05) is 7.05 Å². The zero-order chi connectivity index (χ0) is 18.1. The number of hydrogen-bond donors (Lipinski definition) is 0. The lowest BCUT2D eigenvalue weighted by Crippen LogP contribution is -2.26. The second-order valence-corrected chi connectivity index (χ2v) is 7.10. The molecule has 10 heteroatoms. The normalized spacial score (nSPS) is 12.2. The van der Waals surface area contributed by atoms with Gasteiger partial charge in [-0.05, 0) is 24.3 Å². The van der Waals surface area contributed by atoms with Gasteiger partial charge in [0.15, 0.2) is 0 Å². The second kappa shape index (κ2) is 6.27. The van der Waals surface area contributed by atoms with Crippen LogP contribution in [0, 0.1) is 0 Å². The van der Waals surface area contributed by atoms with Crippen molar-refractivity contribution in [3.63, 3.8) is 0 Å². The second-order valence-electron chi connectivity index (χ2n) is 5.16. The molecule has 0 bridgehead atoms. The van der Waals surface area contributed by atoms with Gasteiger partial charge in [0.25, 0.3) is 15.7 Å². The first-order valence-corrected chi connectivity index (χ1v) is 8.15. The number of amides is 1. The lowest BCUT2D eigenvalue weighted by molar-refractivity contribution is -0.0436. The summed E-state index contributed by atoms with van der Waals surface area (Å²) >= 11 is 0. The Hall–Kier alpha value is -2.36. The van der Waals surface area contributed by atoms with Crippen molar-refractivity contribution in [2.45, 2.75) is 16.9 Å². The third kappa shape index (κ3) is 3.58. The molecule has 0 radical (unpaired) electrons. The van der Waals surface area contributed by atoms with Gasteiger partial charge in [-0.3, -0.25) is 9.48 Å². The molecule has 1 aromatic carbocycles. The van der Waals surface area contributed by atoms with Crippen LogP contribution >= 0.6 is 0 Å². The van der Waals surface area contributed by atoms with Gasteiger partial charge in [-0.1, -0.05) is 0 Å². The highest BCUT2D eigenvalue weighted by atomic mass is 32.2. The van der Waals surface area contributed by atoms with Crippen LogP contribution in [0.15, 0.2) is 41.6 Å². The molecule has 1 amide bonds.